The van der Waals surface area contributed by atoms with Gasteiger partial charge < -0.3 is 14.2 Å². The van der Waals surface area contributed by atoms with Gasteiger partial charge in [0.05, 0.1) is 17.8 Å². The van der Waals surface area contributed by atoms with E-state index in [1.165, 1.54) is 0 Å². The highest BCUT2D eigenvalue weighted by Gasteiger charge is 2.35. The Labute approximate surface area is 172 Å². The molecule has 3 rings (SSSR count). The van der Waals surface area contributed by atoms with Crippen LogP contribution in [0.4, 0.5) is 4.39 Å². The van der Waals surface area contributed by atoms with E-state index in [0.717, 1.165) is 11.4 Å². The number of nitrogens with zero attached hydrogens (tertiary/aromatic N) is 4. The van der Waals surface area contributed by atoms with E-state index < -0.39 is 5.67 Å². The Morgan fingerprint density at radius 1 is 1.31 bits per heavy atom. The average Bonchev–Trinajstić information content (AvgIpc) is 3.11. The maximum atomic E-state index is 15.3. The molecule has 2 aromatic rings. The number of carbonyl (C=O) groups excluding carboxylic acids is 1. The summed E-state index contributed by atoms with van der Waals surface area (Å²) in [6, 6.07) is 1.81. The van der Waals surface area contributed by atoms with E-state index in [1.54, 1.807) is 30.4 Å². The first-order valence-electron chi connectivity index (χ1n) is 10.2. The maximum Gasteiger partial charge on any atom is 0.255 e. The summed E-state index contributed by atoms with van der Waals surface area (Å²) < 4.78 is 22.6. The predicted octanol–water partition coefficient (Wildman–Crippen LogP) is 3.85. The molecule has 1 fully saturated rings. The van der Waals surface area contributed by atoms with Gasteiger partial charge in [0.2, 0.25) is 0 Å². The zero-order valence-corrected chi connectivity index (χ0v) is 18.0. The fourth-order valence-corrected chi connectivity index (χ4v) is 3.54. The molecule has 3 heterocycles. The van der Waals surface area contributed by atoms with Crippen molar-refractivity contribution in [3.63, 3.8) is 0 Å². The third-order valence-electron chi connectivity index (χ3n) is 5.39. The van der Waals surface area contributed by atoms with Gasteiger partial charge >= 0.3 is 0 Å². The maximum absolute atomic E-state index is 15.3. The zero-order chi connectivity index (χ0) is 21.2. The van der Waals surface area contributed by atoms with Crippen LogP contribution in [0.3, 0.4) is 0 Å². The standard InChI is InChI=1S/C22H31FN4O2/c1-6-26(5)19(28)17-11-16(12-24-13-17)18-14-27(20(25-18)21(2,3)4)15-22(23)7-9-29-10-8-22/h11-14H,6-10,15H2,1-5H3. The minimum absolute atomic E-state index is 0.0813. The molecule has 2 aromatic heterocycles. The summed E-state index contributed by atoms with van der Waals surface area (Å²) in [4.78, 5) is 23.2. The summed E-state index contributed by atoms with van der Waals surface area (Å²) in [5.41, 5.74) is 0.431. The van der Waals surface area contributed by atoms with Crippen molar-refractivity contribution in [3.05, 3.63) is 36.0 Å². The minimum atomic E-state index is -1.30. The number of ether oxygens (including phenoxy) is 1. The second-order valence-electron chi connectivity index (χ2n) is 8.87. The predicted molar refractivity (Wildman–Crippen MR) is 111 cm³/mol. The molecule has 1 aliphatic heterocycles. The van der Waals surface area contributed by atoms with Gasteiger partial charge in [0.1, 0.15) is 11.5 Å². The lowest BCUT2D eigenvalue weighted by Crippen LogP contribution is -2.37. The molecule has 0 saturated carbocycles. The average molecular weight is 403 g/mol. The van der Waals surface area contributed by atoms with Gasteiger partial charge in [-0.2, -0.15) is 0 Å². The smallest absolute Gasteiger partial charge is 0.255 e. The number of rotatable bonds is 5. The van der Waals surface area contributed by atoms with Crippen molar-refractivity contribution in [2.45, 2.75) is 58.2 Å². The molecule has 1 aliphatic rings. The van der Waals surface area contributed by atoms with E-state index in [-0.39, 0.29) is 17.9 Å². The largest absolute Gasteiger partial charge is 0.381 e. The third kappa shape index (κ3) is 4.83. The highest BCUT2D eigenvalue weighted by Crippen LogP contribution is 2.32. The first-order valence-corrected chi connectivity index (χ1v) is 10.2. The van der Waals surface area contributed by atoms with Crippen LogP contribution in [0, 0.1) is 0 Å². The van der Waals surface area contributed by atoms with Gasteiger partial charge in [-0.15, -0.1) is 0 Å². The lowest BCUT2D eigenvalue weighted by Gasteiger charge is -2.31. The molecule has 6 nitrogen and oxygen atoms in total. The van der Waals surface area contributed by atoms with Gasteiger partial charge in [-0.3, -0.25) is 9.78 Å². The number of hydrogen-bond acceptors (Lipinski definition) is 4. The molecule has 1 amide bonds. The SMILES string of the molecule is CCN(C)C(=O)c1cncc(-c2cn(CC3(F)CCOCC3)c(C(C)(C)C)n2)c1. The number of halogens is 1. The number of alkyl halides is 1. The van der Waals surface area contributed by atoms with Crippen molar-refractivity contribution in [1.82, 2.24) is 19.4 Å². The normalized spacial score (nSPS) is 16.6. The molecule has 29 heavy (non-hydrogen) atoms. The van der Waals surface area contributed by atoms with Crippen LogP contribution in [0.1, 0.15) is 56.7 Å². The number of amides is 1. The van der Waals surface area contributed by atoms with Crippen molar-refractivity contribution < 1.29 is 13.9 Å². The number of aromatic nitrogens is 3. The lowest BCUT2D eigenvalue weighted by molar-refractivity contribution is -0.0184. The molecule has 0 atom stereocenters. The number of imidazole rings is 1. The topological polar surface area (TPSA) is 60.2 Å². The number of pyridine rings is 1. The molecule has 0 N–H and O–H groups in total. The lowest BCUT2D eigenvalue weighted by atomic mass is 9.93. The highest BCUT2D eigenvalue weighted by molar-refractivity contribution is 5.94. The van der Waals surface area contributed by atoms with Gasteiger partial charge in [-0.1, -0.05) is 20.8 Å². The van der Waals surface area contributed by atoms with Crippen molar-refractivity contribution in [2.24, 2.45) is 0 Å². The Morgan fingerprint density at radius 2 is 2.00 bits per heavy atom. The van der Waals surface area contributed by atoms with E-state index in [1.807, 2.05) is 17.7 Å². The van der Waals surface area contributed by atoms with Gasteiger partial charge in [-0.25, -0.2) is 9.37 Å². The van der Waals surface area contributed by atoms with Crippen LogP contribution in [0.15, 0.2) is 24.7 Å². The van der Waals surface area contributed by atoms with Crippen LogP contribution in [-0.2, 0) is 16.7 Å². The Kier molecular flexibility index (Phi) is 6.08. The summed E-state index contributed by atoms with van der Waals surface area (Å²) in [7, 11) is 1.76. The van der Waals surface area contributed by atoms with E-state index in [2.05, 4.69) is 25.8 Å². The summed E-state index contributed by atoms with van der Waals surface area (Å²) in [5, 5.41) is 0. The second-order valence-corrected chi connectivity index (χ2v) is 8.87. The minimum Gasteiger partial charge on any atom is -0.381 e. The van der Waals surface area contributed by atoms with E-state index in [0.29, 0.717) is 43.9 Å². The fraction of sp³-hybridized carbons (Fsp3) is 0.591. The van der Waals surface area contributed by atoms with Crippen molar-refractivity contribution in [3.8, 4) is 11.3 Å². The van der Waals surface area contributed by atoms with Crippen LogP contribution in [-0.4, -0.2) is 57.8 Å². The summed E-state index contributed by atoms with van der Waals surface area (Å²) in [5.74, 6) is 0.737. The van der Waals surface area contributed by atoms with Crippen molar-refractivity contribution in [2.75, 3.05) is 26.8 Å². The Morgan fingerprint density at radius 3 is 2.62 bits per heavy atom. The number of carbonyl (C=O) groups is 1. The third-order valence-corrected chi connectivity index (χ3v) is 5.39. The van der Waals surface area contributed by atoms with E-state index in [9.17, 15) is 4.79 Å². The Balaban J connectivity index is 1.97. The van der Waals surface area contributed by atoms with Crippen LogP contribution >= 0.6 is 0 Å². The molecule has 7 heteroatoms. The molecule has 0 radical (unpaired) electrons. The van der Waals surface area contributed by atoms with E-state index >= 15 is 4.39 Å². The Bertz CT molecular complexity index is 866. The van der Waals surface area contributed by atoms with Crippen LogP contribution in [0.2, 0.25) is 0 Å². The van der Waals surface area contributed by atoms with Crippen LogP contribution in [0.25, 0.3) is 11.3 Å². The molecule has 158 valence electrons. The van der Waals surface area contributed by atoms with Gasteiger partial charge in [-0.05, 0) is 13.0 Å². The zero-order valence-electron chi connectivity index (χ0n) is 18.0. The van der Waals surface area contributed by atoms with Crippen LogP contribution < -0.4 is 0 Å². The van der Waals surface area contributed by atoms with Crippen molar-refractivity contribution in [1.29, 1.82) is 0 Å². The first-order chi connectivity index (χ1) is 13.6. The molecular formula is C22H31FN4O2. The molecule has 1 saturated heterocycles. The fourth-order valence-electron chi connectivity index (χ4n) is 3.54. The second kappa shape index (κ2) is 8.22. The first kappa shape index (κ1) is 21.4. The summed E-state index contributed by atoms with van der Waals surface area (Å²) in [6.07, 6.45) is 5.92. The van der Waals surface area contributed by atoms with Crippen molar-refractivity contribution >= 4 is 5.91 Å². The molecular weight excluding hydrogens is 371 g/mol. The molecule has 0 aliphatic carbocycles. The van der Waals surface area contributed by atoms with Gasteiger partial charge in [0.15, 0.2) is 0 Å². The summed E-state index contributed by atoms with van der Waals surface area (Å²) >= 11 is 0. The van der Waals surface area contributed by atoms with Crippen LogP contribution in [0.5, 0.6) is 0 Å². The monoisotopic (exact) mass is 402 g/mol. The molecule has 0 unspecified atom stereocenters. The summed E-state index contributed by atoms with van der Waals surface area (Å²) in [6.45, 7) is 9.89. The van der Waals surface area contributed by atoms with Gasteiger partial charge in [0.25, 0.3) is 5.91 Å². The van der Waals surface area contributed by atoms with Gasteiger partial charge in [0, 0.05) is 69.2 Å². The molecule has 0 spiro atoms. The Hall–Kier alpha value is -2.28. The highest BCUT2D eigenvalue weighted by atomic mass is 19.1. The quantitative estimate of drug-likeness (QED) is 0.762. The molecule has 0 bridgehead atoms. The number of hydrogen-bond donors (Lipinski definition) is 0. The molecule has 0 aromatic carbocycles. The van der Waals surface area contributed by atoms with E-state index in [4.69, 9.17) is 9.72 Å².